The van der Waals surface area contributed by atoms with Crippen LogP contribution >= 0.6 is 0 Å². The molecule has 2 fully saturated rings. The van der Waals surface area contributed by atoms with Crippen LogP contribution in [0.4, 0.5) is 0 Å². The van der Waals surface area contributed by atoms with Gasteiger partial charge in [0.1, 0.15) is 5.78 Å². The number of hydrogen-bond acceptors (Lipinski definition) is 3. The van der Waals surface area contributed by atoms with Gasteiger partial charge in [-0.3, -0.25) is 4.79 Å². The van der Waals surface area contributed by atoms with Gasteiger partial charge >= 0.3 is 0 Å². The third-order valence-electron chi connectivity index (χ3n) is 2.06. The van der Waals surface area contributed by atoms with Gasteiger partial charge in [0, 0.05) is 24.9 Å². The lowest BCUT2D eigenvalue weighted by atomic mass is 9.96. The molecule has 2 aliphatic heterocycles. The molecule has 0 aromatic rings. The highest BCUT2D eigenvalue weighted by molar-refractivity contribution is 5.80. The Balaban J connectivity index is 2.05. The number of Topliss-reactive ketones (excluding diaryl/α,β-unsaturated/α-hetero) is 1. The van der Waals surface area contributed by atoms with E-state index in [-0.39, 0.29) is 0 Å². The summed E-state index contributed by atoms with van der Waals surface area (Å²) >= 11 is 0. The molecule has 2 rings (SSSR count). The normalized spacial score (nSPS) is 39.8. The lowest BCUT2D eigenvalue weighted by Gasteiger charge is -2.34. The van der Waals surface area contributed by atoms with E-state index in [1.165, 1.54) is 0 Å². The molecule has 2 atom stereocenters. The number of morpholine rings is 1. The van der Waals surface area contributed by atoms with Crippen LogP contribution in [0.3, 0.4) is 0 Å². The van der Waals surface area contributed by atoms with Crippen molar-refractivity contribution in [3.8, 4) is 0 Å². The summed E-state index contributed by atoms with van der Waals surface area (Å²) in [7, 11) is 0. The first-order valence-electron chi connectivity index (χ1n) is 3.70. The molecule has 3 heteroatoms. The molecule has 0 aromatic carbocycles. The number of ether oxygens (including phenoxy) is 1. The van der Waals surface area contributed by atoms with Crippen molar-refractivity contribution >= 4 is 5.78 Å². The molecule has 0 saturated carbocycles. The van der Waals surface area contributed by atoms with Crippen molar-refractivity contribution in [3.05, 3.63) is 0 Å². The topological polar surface area (TPSA) is 38.3 Å². The third kappa shape index (κ3) is 1.07. The zero-order valence-corrected chi connectivity index (χ0v) is 5.80. The second-order valence-corrected chi connectivity index (χ2v) is 3.04. The van der Waals surface area contributed by atoms with Gasteiger partial charge in [-0.15, -0.1) is 0 Å². The molecule has 56 valence electrons. The van der Waals surface area contributed by atoms with Crippen molar-refractivity contribution in [1.82, 2.24) is 5.32 Å². The molecule has 0 aliphatic carbocycles. The average Bonchev–Trinajstić information content (AvgIpc) is 1.85. The number of carbonyl (C=O) groups excluding carboxylic acids is 1. The second kappa shape index (κ2) is 2.32. The van der Waals surface area contributed by atoms with Crippen LogP contribution in [0.25, 0.3) is 0 Å². The van der Waals surface area contributed by atoms with Gasteiger partial charge in [-0.05, 0) is 0 Å². The average molecular weight is 141 g/mol. The largest absolute Gasteiger partial charge is 0.378 e. The van der Waals surface area contributed by atoms with Gasteiger partial charge < -0.3 is 10.1 Å². The van der Waals surface area contributed by atoms with E-state index in [2.05, 4.69) is 5.32 Å². The van der Waals surface area contributed by atoms with Gasteiger partial charge in [0.2, 0.25) is 0 Å². The van der Waals surface area contributed by atoms with Gasteiger partial charge in [-0.25, -0.2) is 0 Å². The highest BCUT2D eigenvalue weighted by atomic mass is 16.5. The molecule has 2 aliphatic rings. The Morgan fingerprint density at radius 3 is 2.50 bits per heavy atom. The fourth-order valence-corrected chi connectivity index (χ4v) is 1.65. The van der Waals surface area contributed by atoms with E-state index in [1.54, 1.807) is 0 Å². The molecule has 10 heavy (non-hydrogen) atoms. The maximum Gasteiger partial charge on any atom is 0.136 e. The van der Waals surface area contributed by atoms with Crippen molar-refractivity contribution in [2.45, 2.75) is 24.9 Å². The van der Waals surface area contributed by atoms with Crippen LogP contribution in [0.15, 0.2) is 0 Å². The van der Waals surface area contributed by atoms with Crippen molar-refractivity contribution in [2.24, 2.45) is 0 Å². The third-order valence-corrected chi connectivity index (χ3v) is 2.06. The molecule has 1 N–H and O–H groups in total. The van der Waals surface area contributed by atoms with Crippen molar-refractivity contribution < 1.29 is 9.53 Å². The number of carbonyl (C=O) groups is 1. The lowest BCUT2D eigenvalue weighted by molar-refractivity contribution is -0.125. The number of fused-ring (bicyclic) bond motifs is 2. The fraction of sp³-hybridized carbons (Fsp3) is 0.857. The van der Waals surface area contributed by atoms with Crippen LogP contribution < -0.4 is 5.32 Å². The lowest BCUT2D eigenvalue weighted by Crippen LogP contribution is -2.54. The second-order valence-electron chi connectivity index (χ2n) is 3.04. The summed E-state index contributed by atoms with van der Waals surface area (Å²) < 4.78 is 5.27. The first-order chi connectivity index (χ1) is 4.84. The SMILES string of the molecule is O=C1C[C@@H]2COC[C@@H](C1)N2. The fourth-order valence-electron chi connectivity index (χ4n) is 1.65. The Hall–Kier alpha value is -0.410. The number of rotatable bonds is 0. The van der Waals surface area contributed by atoms with E-state index < -0.39 is 0 Å². The van der Waals surface area contributed by atoms with E-state index in [0.717, 1.165) is 0 Å². The van der Waals surface area contributed by atoms with Crippen LogP contribution in [0, 0.1) is 0 Å². The van der Waals surface area contributed by atoms with E-state index >= 15 is 0 Å². The smallest absolute Gasteiger partial charge is 0.136 e. The van der Waals surface area contributed by atoms with E-state index in [1.807, 2.05) is 0 Å². The Morgan fingerprint density at radius 1 is 1.30 bits per heavy atom. The molecule has 0 spiro atoms. The van der Waals surface area contributed by atoms with Crippen molar-refractivity contribution in [3.63, 3.8) is 0 Å². The Kier molecular flexibility index (Phi) is 1.47. The number of hydrogen-bond donors (Lipinski definition) is 1. The summed E-state index contributed by atoms with van der Waals surface area (Å²) in [5, 5.41) is 3.34. The van der Waals surface area contributed by atoms with Gasteiger partial charge in [0.25, 0.3) is 0 Å². The molecular weight excluding hydrogens is 130 g/mol. The van der Waals surface area contributed by atoms with Crippen molar-refractivity contribution in [1.29, 1.82) is 0 Å². The summed E-state index contributed by atoms with van der Waals surface area (Å²) in [6, 6.07) is 0.611. The van der Waals surface area contributed by atoms with Crippen LogP contribution in [0.1, 0.15) is 12.8 Å². The monoisotopic (exact) mass is 141 g/mol. The number of nitrogens with one attached hydrogen (secondary N) is 1. The maximum absolute atomic E-state index is 11.0. The number of piperidine rings is 1. The summed E-state index contributed by atoms with van der Waals surface area (Å²) in [5.41, 5.74) is 0. The van der Waals surface area contributed by atoms with Gasteiger partial charge in [-0.1, -0.05) is 0 Å². The van der Waals surface area contributed by atoms with Gasteiger partial charge in [0.05, 0.1) is 13.2 Å². The highest BCUT2D eigenvalue weighted by Crippen LogP contribution is 2.14. The molecule has 0 aromatic heterocycles. The Bertz CT molecular complexity index is 144. The Morgan fingerprint density at radius 2 is 1.90 bits per heavy atom. The van der Waals surface area contributed by atoms with Crippen LogP contribution in [-0.4, -0.2) is 31.1 Å². The Labute approximate surface area is 59.7 Å². The standard InChI is InChI=1S/C7H11NO2/c9-7-1-5-3-10-4-6(2-7)8-5/h5-6,8H,1-4H2/t5-,6-/m1/s1. The van der Waals surface area contributed by atoms with Crippen LogP contribution in [0.5, 0.6) is 0 Å². The van der Waals surface area contributed by atoms with Crippen LogP contribution in [-0.2, 0) is 9.53 Å². The summed E-state index contributed by atoms with van der Waals surface area (Å²) in [6.07, 6.45) is 1.33. The first kappa shape index (κ1) is 6.31. The molecule has 0 amide bonds. The van der Waals surface area contributed by atoms with Crippen molar-refractivity contribution in [2.75, 3.05) is 13.2 Å². The minimum atomic E-state index is 0.306. The molecule has 0 unspecified atom stereocenters. The first-order valence-corrected chi connectivity index (χ1v) is 3.70. The summed E-state index contributed by atoms with van der Waals surface area (Å²) in [6.45, 7) is 1.42. The summed E-state index contributed by atoms with van der Waals surface area (Å²) in [5.74, 6) is 0.386. The highest BCUT2D eigenvalue weighted by Gasteiger charge is 2.29. The molecule has 2 heterocycles. The van der Waals surface area contributed by atoms with E-state index in [9.17, 15) is 4.79 Å². The van der Waals surface area contributed by atoms with Gasteiger partial charge in [0.15, 0.2) is 0 Å². The minimum Gasteiger partial charge on any atom is -0.378 e. The molecular formula is C7H11NO2. The zero-order valence-electron chi connectivity index (χ0n) is 5.80. The van der Waals surface area contributed by atoms with Crippen LogP contribution in [0.2, 0.25) is 0 Å². The summed E-state index contributed by atoms with van der Waals surface area (Å²) in [4.78, 5) is 11.0. The van der Waals surface area contributed by atoms with E-state index in [4.69, 9.17) is 4.74 Å². The molecule has 2 bridgehead atoms. The molecule has 0 radical (unpaired) electrons. The molecule has 3 nitrogen and oxygen atoms in total. The van der Waals surface area contributed by atoms with E-state index in [0.29, 0.717) is 43.9 Å². The van der Waals surface area contributed by atoms with Gasteiger partial charge in [-0.2, -0.15) is 0 Å². The maximum atomic E-state index is 11.0. The number of ketones is 1. The predicted molar refractivity (Wildman–Crippen MR) is 35.8 cm³/mol. The minimum absolute atomic E-state index is 0.306. The quantitative estimate of drug-likeness (QED) is 0.503. The molecule has 2 saturated heterocycles. The predicted octanol–water partition coefficient (Wildman–Crippen LogP) is -0.294. The zero-order chi connectivity index (χ0) is 6.97.